The Labute approximate surface area is 49.5 Å². The van der Waals surface area contributed by atoms with Crippen molar-refractivity contribution < 1.29 is 9.84 Å². The van der Waals surface area contributed by atoms with Gasteiger partial charge in [0.1, 0.15) is 0 Å². The first-order chi connectivity index (χ1) is 3.69. The standard InChI is InChI=1S/C6H12O2/c1-5-3-8-6(5,2)4-7/h5,7H,3-4H2,1-2H3. The van der Waals surface area contributed by atoms with Crippen molar-refractivity contribution in [2.75, 3.05) is 13.2 Å². The average Bonchev–Trinajstić information content (AvgIpc) is 1.83. The van der Waals surface area contributed by atoms with Gasteiger partial charge in [-0.2, -0.15) is 0 Å². The van der Waals surface area contributed by atoms with Crippen molar-refractivity contribution in [2.45, 2.75) is 19.4 Å². The largest absolute Gasteiger partial charge is 0.393 e. The van der Waals surface area contributed by atoms with E-state index in [0.717, 1.165) is 6.61 Å². The predicted octanol–water partition coefficient (Wildman–Crippen LogP) is 0.404. The highest BCUT2D eigenvalue weighted by molar-refractivity contribution is 4.88. The number of aliphatic hydroxyl groups excluding tert-OH is 1. The van der Waals surface area contributed by atoms with Crippen LogP contribution in [0.5, 0.6) is 0 Å². The van der Waals surface area contributed by atoms with Gasteiger partial charge in [0.2, 0.25) is 0 Å². The minimum atomic E-state index is -0.222. The highest BCUT2D eigenvalue weighted by atomic mass is 16.5. The fraction of sp³-hybridized carbons (Fsp3) is 1.00. The molecule has 1 saturated heterocycles. The SMILES string of the molecule is CC1COC1(C)CO. The first-order valence-electron chi connectivity index (χ1n) is 2.94. The lowest BCUT2D eigenvalue weighted by Gasteiger charge is -2.43. The highest BCUT2D eigenvalue weighted by Gasteiger charge is 2.40. The molecule has 1 aliphatic rings. The monoisotopic (exact) mass is 116 g/mol. The van der Waals surface area contributed by atoms with Crippen LogP contribution in [0.2, 0.25) is 0 Å². The first-order valence-corrected chi connectivity index (χ1v) is 2.94. The number of rotatable bonds is 1. The molecular formula is C6H12O2. The molecule has 0 aliphatic carbocycles. The van der Waals surface area contributed by atoms with Crippen molar-refractivity contribution in [3.8, 4) is 0 Å². The fourth-order valence-corrected chi connectivity index (χ4v) is 0.736. The molecule has 1 N–H and O–H groups in total. The van der Waals surface area contributed by atoms with Gasteiger partial charge in [0.15, 0.2) is 0 Å². The zero-order valence-electron chi connectivity index (χ0n) is 5.35. The quantitative estimate of drug-likeness (QED) is 0.537. The molecule has 0 amide bonds. The van der Waals surface area contributed by atoms with Gasteiger partial charge in [-0.05, 0) is 6.92 Å². The van der Waals surface area contributed by atoms with E-state index in [4.69, 9.17) is 9.84 Å². The van der Waals surface area contributed by atoms with Gasteiger partial charge in [0, 0.05) is 5.92 Å². The van der Waals surface area contributed by atoms with Crippen LogP contribution >= 0.6 is 0 Å². The Morgan fingerprint density at radius 2 is 2.50 bits per heavy atom. The Morgan fingerprint density at radius 1 is 1.88 bits per heavy atom. The summed E-state index contributed by atoms with van der Waals surface area (Å²) in [4.78, 5) is 0. The molecule has 48 valence electrons. The summed E-state index contributed by atoms with van der Waals surface area (Å²) in [5.74, 6) is 0.521. The Bertz CT molecular complexity index is 88.5. The molecule has 2 unspecified atom stereocenters. The van der Waals surface area contributed by atoms with E-state index in [1.807, 2.05) is 6.92 Å². The lowest BCUT2D eigenvalue weighted by atomic mass is 9.87. The summed E-state index contributed by atoms with van der Waals surface area (Å²) < 4.78 is 5.13. The number of hydrogen-bond donors (Lipinski definition) is 1. The van der Waals surface area contributed by atoms with E-state index >= 15 is 0 Å². The molecule has 2 heteroatoms. The summed E-state index contributed by atoms with van der Waals surface area (Å²) in [6, 6.07) is 0. The number of aliphatic hydroxyl groups is 1. The van der Waals surface area contributed by atoms with Crippen molar-refractivity contribution in [1.29, 1.82) is 0 Å². The summed E-state index contributed by atoms with van der Waals surface area (Å²) in [5, 5.41) is 8.69. The van der Waals surface area contributed by atoms with E-state index in [1.165, 1.54) is 0 Å². The van der Waals surface area contributed by atoms with E-state index < -0.39 is 0 Å². The van der Waals surface area contributed by atoms with Crippen LogP contribution in [0.4, 0.5) is 0 Å². The van der Waals surface area contributed by atoms with Crippen molar-refractivity contribution in [1.82, 2.24) is 0 Å². The summed E-state index contributed by atoms with van der Waals surface area (Å²) in [6.45, 7) is 4.96. The highest BCUT2D eigenvalue weighted by Crippen LogP contribution is 2.31. The zero-order chi connectivity index (χ0) is 6.20. The molecule has 0 radical (unpaired) electrons. The van der Waals surface area contributed by atoms with Crippen LogP contribution in [-0.4, -0.2) is 23.9 Å². The minimum Gasteiger partial charge on any atom is -0.393 e. The molecule has 0 spiro atoms. The van der Waals surface area contributed by atoms with Crippen molar-refractivity contribution >= 4 is 0 Å². The summed E-state index contributed by atoms with van der Waals surface area (Å²) in [7, 11) is 0. The average molecular weight is 116 g/mol. The van der Waals surface area contributed by atoms with E-state index in [2.05, 4.69) is 6.92 Å². The Morgan fingerprint density at radius 3 is 2.50 bits per heavy atom. The van der Waals surface area contributed by atoms with E-state index in [9.17, 15) is 0 Å². The van der Waals surface area contributed by atoms with Gasteiger partial charge in [0.05, 0.1) is 18.8 Å². The lowest BCUT2D eigenvalue weighted by molar-refractivity contribution is -0.204. The maximum absolute atomic E-state index is 8.69. The van der Waals surface area contributed by atoms with E-state index in [0.29, 0.717) is 5.92 Å². The fourth-order valence-electron chi connectivity index (χ4n) is 0.736. The summed E-state index contributed by atoms with van der Waals surface area (Å²) >= 11 is 0. The molecule has 0 saturated carbocycles. The van der Waals surface area contributed by atoms with Gasteiger partial charge >= 0.3 is 0 Å². The molecule has 0 aromatic carbocycles. The third-order valence-corrected chi connectivity index (χ3v) is 2.02. The molecule has 1 fully saturated rings. The first kappa shape index (κ1) is 6.05. The van der Waals surface area contributed by atoms with Crippen LogP contribution in [0.3, 0.4) is 0 Å². The zero-order valence-corrected chi connectivity index (χ0v) is 5.35. The van der Waals surface area contributed by atoms with Gasteiger partial charge in [0.25, 0.3) is 0 Å². The van der Waals surface area contributed by atoms with Crippen LogP contribution in [-0.2, 0) is 4.74 Å². The molecule has 1 rings (SSSR count). The normalized spacial score (nSPS) is 46.1. The molecular weight excluding hydrogens is 104 g/mol. The molecule has 2 atom stereocenters. The number of ether oxygens (including phenoxy) is 1. The van der Waals surface area contributed by atoms with E-state index in [-0.39, 0.29) is 12.2 Å². The molecule has 0 bridgehead atoms. The third kappa shape index (κ3) is 0.644. The Hall–Kier alpha value is -0.0800. The van der Waals surface area contributed by atoms with Gasteiger partial charge in [-0.15, -0.1) is 0 Å². The van der Waals surface area contributed by atoms with Crippen LogP contribution in [0.15, 0.2) is 0 Å². The maximum Gasteiger partial charge on any atom is 0.0931 e. The second kappa shape index (κ2) is 1.71. The van der Waals surface area contributed by atoms with Crippen molar-refractivity contribution in [2.24, 2.45) is 5.92 Å². The van der Waals surface area contributed by atoms with Crippen LogP contribution < -0.4 is 0 Å². The van der Waals surface area contributed by atoms with Crippen LogP contribution in [0, 0.1) is 5.92 Å². The summed E-state index contributed by atoms with van der Waals surface area (Å²) in [5.41, 5.74) is -0.222. The van der Waals surface area contributed by atoms with Gasteiger partial charge in [-0.1, -0.05) is 6.92 Å². The second-order valence-electron chi connectivity index (χ2n) is 2.68. The van der Waals surface area contributed by atoms with Gasteiger partial charge in [-0.25, -0.2) is 0 Å². The maximum atomic E-state index is 8.69. The van der Waals surface area contributed by atoms with E-state index in [1.54, 1.807) is 0 Å². The predicted molar refractivity (Wildman–Crippen MR) is 30.6 cm³/mol. The lowest BCUT2D eigenvalue weighted by Crippen LogP contribution is -2.52. The molecule has 2 nitrogen and oxygen atoms in total. The molecule has 8 heavy (non-hydrogen) atoms. The Balaban J connectivity index is 2.42. The van der Waals surface area contributed by atoms with Crippen LogP contribution in [0.1, 0.15) is 13.8 Å². The molecule has 1 heterocycles. The topological polar surface area (TPSA) is 29.5 Å². The van der Waals surface area contributed by atoms with Crippen LogP contribution in [0.25, 0.3) is 0 Å². The van der Waals surface area contributed by atoms with Crippen molar-refractivity contribution in [3.05, 3.63) is 0 Å². The molecule has 0 aromatic rings. The van der Waals surface area contributed by atoms with Gasteiger partial charge in [-0.3, -0.25) is 0 Å². The minimum absolute atomic E-state index is 0.147. The third-order valence-electron chi connectivity index (χ3n) is 2.02. The second-order valence-corrected chi connectivity index (χ2v) is 2.68. The van der Waals surface area contributed by atoms with Crippen molar-refractivity contribution in [3.63, 3.8) is 0 Å². The molecule has 1 aliphatic heterocycles. The molecule has 0 aromatic heterocycles. The van der Waals surface area contributed by atoms with Gasteiger partial charge < -0.3 is 9.84 Å². The number of hydrogen-bond acceptors (Lipinski definition) is 2. The Kier molecular flexibility index (Phi) is 1.29. The smallest absolute Gasteiger partial charge is 0.0931 e. The summed E-state index contributed by atoms with van der Waals surface area (Å²) in [6.07, 6.45) is 0.